The van der Waals surface area contributed by atoms with Crippen molar-refractivity contribution in [1.29, 1.82) is 0 Å². The van der Waals surface area contributed by atoms with Gasteiger partial charge in [-0.1, -0.05) is 154 Å². The molecule has 0 aromatic rings. The number of allylic oxidation sites excluding steroid dienone is 4. The van der Waals surface area contributed by atoms with Crippen LogP contribution in [0.2, 0.25) is 0 Å². The van der Waals surface area contributed by atoms with E-state index in [0.717, 1.165) is 43.6 Å². The summed E-state index contributed by atoms with van der Waals surface area (Å²) in [5.74, 6) is 0. The number of unbranched alkanes of at least 4 members (excludes halogenated alkanes) is 24. The number of nitrogens with zero attached hydrogens (tertiary/aromatic N) is 1. The summed E-state index contributed by atoms with van der Waals surface area (Å²) in [5.41, 5.74) is 0. The summed E-state index contributed by atoms with van der Waals surface area (Å²) in [7, 11) is 4.54. The first-order valence-electron chi connectivity index (χ1n) is 24.2. The summed E-state index contributed by atoms with van der Waals surface area (Å²) < 4.78 is 30.2. The number of aliphatic hydroxyl groups excluding tert-OH is 1. The van der Waals surface area contributed by atoms with Gasteiger partial charge in [-0.2, -0.15) is 0 Å². The highest BCUT2D eigenvalue weighted by atomic mass is 16.5. The van der Waals surface area contributed by atoms with Crippen molar-refractivity contribution in [3.63, 3.8) is 0 Å². The van der Waals surface area contributed by atoms with Crippen LogP contribution in [0.15, 0.2) is 24.3 Å². The van der Waals surface area contributed by atoms with Crippen LogP contribution in [0.5, 0.6) is 0 Å². The lowest BCUT2D eigenvalue weighted by molar-refractivity contribution is -0.894. The van der Waals surface area contributed by atoms with E-state index in [2.05, 4.69) is 52.2 Å². The van der Waals surface area contributed by atoms with E-state index in [9.17, 15) is 0 Å². The van der Waals surface area contributed by atoms with Gasteiger partial charge in [-0.05, 0) is 64.2 Å². The minimum Gasteiger partial charge on any atom is -0.394 e. The van der Waals surface area contributed by atoms with Crippen molar-refractivity contribution in [2.24, 2.45) is 0 Å². The number of hydrogen-bond donors (Lipinski definition) is 1. The van der Waals surface area contributed by atoms with Gasteiger partial charge in [0, 0.05) is 13.2 Å². The molecule has 7 heteroatoms. The third-order valence-electron chi connectivity index (χ3n) is 10.6. The average Bonchev–Trinajstić information content (AvgIpc) is 3.19. The number of hydrogen-bond acceptors (Lipinski definition) is 6. The zero-order valence-corrected chi connectivity index (χ0v) is 38.1. The lowest BCUT2D eigenvalue weighted by atomic mass is 10.1. The molecule has 1 unspecified atom stereocenters. The summed E-state index contributed by atoms with van der Waals surface area (Å²) in [6.45, 7) is 12.0. The molecule has 0 heterocycles. The van der Waals surface area contributed by atoms with E-state index in [0.29, 0.717) is 46.2 Å². The Morgan fingerprint density at radius 2 is 0.786 bits per heavy atom. The first-order chi connectivity index (χ1) is 27.6. The number of rotatable bonds is 48. The van der Waals surface area contributed by atoms with Gasteiger partial charge >= 0.3 is 0 Å². The highest BCUT2D eigenvalue weighted by Gasteiger charge is 2.23. The van der Waals surface area contributed by atoms with Crippen LogP contribution in [0.1, 0.15) is 194 Å². The van der Waals surface area contributed by atoms with Gasteiger partial charge in [-0.15, -0.1) is 0 Å². The molecule has 0 aromatic heterocycles. The lowest BCUT2D eigenvalue weighted by Gasteiger charge is -2.33. The highest BCUT2D eigenvalue weighted by Crippen LogP contribution is 2.13. The Hall–Kier alpha value is -0.800. The predicted molar refractivity (Wildman–Crippen MR) is 241 cm³/mol. The van der Waals surface area contributed by atoms with Crippen molar-refractivity contribution in [3.05, 3.63) is 24.3 Å². The van der Waals surface area contributed by atoms with Crippen LogP contribution in [0.3, 0.4) is 0 Å². The molecule has 0 aromatic carbocycles. The summed E-state index contributed by atoms with van der Waals surface area (Å²) in [5, 5.41) is 8.77. The Bertz CT molecular complexity index is 791. The molecule has 0 rings (SSSR count). The maximum atomic E-state index is 8.77. The zero-order valence-electron chi connectivity index (χ0n) is 38.1. The Morgan fingerprint density at radius 1 is 0.411 bits per heavy atom. The summed E-state index contributed by atoms with van der Waals surface area (Å²) in [6, 6.07) is 0. The van der Waals surface area contributed by atoms with Crippen LogP contribution in [0.4, 0.5) is 0 Å². The molecule has 0 aliphatic carbocycles. The summed E-state index contributed by atoms with van der Waals surface area (Å²) in [4.78, 5) is 0. The predicted octanol–water partition coefficient (Wildman–Crippen LogP) is 12.6. The van der Waals surface area contributed by atoms with E-state index in [1.165, 1.54) is 167 Å². The van der Waals surface area contributed by atoms with Gasteiger partial charge in [0.25, 0.3) is 0 Å². The van der Waals surface area contributed by atoms with Gasteiger partial charge in [0.1, 0.15) is 19.2 Å². The topological polar surface area (TPSA) is 66.4 Å². The fraction of sp³-hybridized carbons (Fsp3) is 0.918. The molecule has 0 bridgehead atoms. The number of aliphatic hydroxyl groups is 1. The van der Waals surface area contributed by atoms with Crippen LogP contribution in [0, 0.1) is 0 Å². The normalized spacial score (nSPS) is 12.9. The molecular formula is C49H98NO6+. The fourth-order valence-electron chi connectivity index (χ4n) is 6.98. The van der Waals surface area contributed by atoms with E-state index in [4.69, 9.17) is 28.8 Å². The smallest absolute Gasteiger partial charge is 0.130 e. The quantitative estimate of drug-likeness (QED) is 0.0376. The van der Waals surface area contributed by atoms with E-state index in [1.807, 2.05) is 0 Å². The van der Waals surface area contributed by atoms with E-state index in [-0.39, 0.29) is 12.7 Å². The minimum absolute atomic E-state index is 0.0467. The maximum Gasteiger partial charge on any atom is 0.130 e. The van der Waals surface area contributed by atoms with Crippen molar-refractivity contribution < 1.29 is 33.3 Å². The largest absolute Gasteiger partial charge is 0.394 e. The second-order valence-electron chi connectivity index (χ2n) is 16.8. The third-order valence-corrected chi connectivity index (χ3v) is 10.6. The number of likely N-dealkylation sites (N-methyl/N-ethyl adjacent to an activating group) is 1. The van der Waals surface area contributed by atoms with Crippen molar-refractivity contribution in [1.82, 2.24) is 0 Å². The molecule has 56 heavy (non-hydrogen) atoms. The first-order valence-corrected chi connectivity index (χ1v) is 24.2. The zero-order chi connectivity index (χ0) is 40.7. The Balaban J connectivity index is 4.21. The second-order valence-corrected chi connectivity index (χ2v) is 16.8. The Labute approximate surface area is 349 Å². The molecule has 334 valence electrons. The molecule has 0 saturated carbocycles. The summed E-state index contributed by atoms with van der Waals surface area (Å²) >= 11 is 0. The molecule has 1 N–H and O–H groups in total. The van der Waals surface area contributed by atoms with Crippen LogP contribution in [0.25, 0.3) is 0 Å². The molecule has 0 saturated heterocycles. The van der Waals surface area contributed by atoms with E-state index >= 15 is 0 Å². The van der Waals surface area contributed by atoms with Crippen molar-refractivity contribution in [2.75, 3.05) is 93.3 Å². The molecule has 7 nitrogen and oxygen atoms in total. The minimum atomic E-state index is 0.0467. The molecule has 0 radical (unpaired) electrons. The van der Waals surface area contributed by atoms with Gasteiger partial charge < -0.3 is 33.3 Å². The van der Waals surface area contributed by atoms with Gasteiger partial charge in [-0.25, -0.2) is 0 Å². The third kappa shape index (κ3) is 45.9. The van der Waals surface area contributed by atoms with Crippen LogP contribution < -0.4 is 0 Å². The first kappa shape index (κ1) is 55.2. The van der Waals surface area contributed by atoms with Crippen molar-refractivity contribution in [2.45, 2.75) is 200 Å². The van der Waals surface area contributed by atoms with Crippen molar-refractivity contribution in [3.8, 4) is 0 Å². The molecular weight excluding hydrogens is 699 g/mol. The standard InChI is InChI=1S/C49H98NO6/c1-5-7-9-11-13-15-17-19-21-23-25-27-29-31-33-35-39-55-48-49(47-50(3,4)37-41-52-43-45-54-46-44-53-42-38-51)56-40-36-34-32-30-28-26-24-22-20-18-16-14-12-10-8-6-2/h19-22,49,51H,5-18,23-48H2,1-4H3/q+1/b21-19-,22-20-. The maximum absolute atomic E-state index is 8.77. The lowest BCUT2D eigenvalue weighted by Crippen LogP contribution is -2.49. The van der Waals surface area contributed by atoms with Crippen LogP contribution in [-0.4, -0.2) is 109 Å². The van der Waals surface area contributed by atoms with E-state index in [1.54, 1.807) is 0 Å². The molecule has 0 aliphatic heterocycles. The van der Waals surface area contributed by atoms with Crippen LogP contribution in [-0.2, 0) is 23.7 Å². The second kappa shape index (κ2) is 46.9. The molecule has 0 fully saturated rings. The molecule has 1 atom stereocenters. The fourth-order valence-corrected chi connectivity index (χ4v) is 6.98. The van der Waals surface area contributed by atoms with Gasteiger partial charge in [0.15, 0.2) is 0 Å². The van der Waals surface area contributed by atoms with Crippen molar-refractivity contribution >= 4 is 0 Å². The molecule has 0 amide bonds. The summed E-state index contributed by atoms with van der Waals surface area (Å²) in [6.07, 6.45) is 46.8. The molecule has 0 aliphatic rings. The number of quaternary nitrogens is 1. The molecule has 0 spiro atoms. The van der Waals surface area contributed by atoms with Gasteiger partial charge in [0.2, 0.25) is 0 Å². The SMILES string of the molecule is CCCCCCCC/C=C\CCCCCCCCOCC(C[N+](C)(C)CCOCCOCCOCCO)OCCCCCCCC/C=C\CCCCCCCC. The Morgan fingerprint density at radius 3 is 1.23 bits per heavy atom. The van der Waals surface area contributed by atoms with Gasteiger partial charge in [-0.3, -0.25) is 0 Å². The van der Waals surface area contributed by atoms with E-state index < -0.39 is 0 Å². The monoisotopic (exact) mass is 797 g/mol. The van der Waals surface area contributed by atoms with Gasteiger partial charge in [0.05, 0.1) is 67.0 Å². The Kier molecular flexibility index (Phi) is 46.2. The highest BCUT2D eigenvalue weighted by molar-refractivity contribution is 4.82. The van der Waals surface area contributed by atoms with Crippen LogP contribution >= 0.6 is 0 Å². The average molecular weight is 797 g/mol. The number of ether oxygens (including phenoxy) is 5.